The summed E-state index contributed by atoms with van der Waals surface area (Å²) in [7, 11) is 0. The molecule has 0 aromatic carbocycles. The van der Waals surface area contributed by atoms with Crippen LogP contribution in [0.2, 0.25) is 0 Å². The van der Waals surface area contributed by atoms with Gasteiger partial charge in [-0.05, 0) is 6.42 Å². The fourth-order valence-electron chi connectivity index (χ4n) is 2.64. The second-order valence-electron chi connectivity index (χ2n) is 4.80. The van der Waals surface area contributed by atoms with Gasteiger partial charge < -0.3 is 14.9 Å². The molecule has 0 bridgehead atoms. The molecule has 2 saturated heterocycles. The molecule has 100 valence electrons. The lowest BCUT2D eigenvalue weighted by atomic mass is 10.1. The maximum Gasteiger partial charge on any atom is 0.338 e. The highest BCUT2D eigenvalue weighted by Crippen LogP contribution is 2.24. The zero-order chi connectivity index (χ0) is 13.4. The summed E-state index contributed by atoms with van der Waals surface area (Å²) in [5.41, 5.74) is 0.0819. The molecule has 0 spiro atoms. The summed E-state index contributed by atoms with van der Waals surface area (Å²) < 4.78 is 0. The summed E-state index contributed by atoms with van der Waals surface area (Å²) in [5, 5.41) is 8.80. The highest BCUT2D eigenvalue weighted by molar-refractivity contribution is 5.86. The molecule has 0 aliphatic carbocycles. The van der Waals surface area contributed by atoms with E-state index in [2.05, 4.69) is 9.97 Å². The third-order valence-electron chi connectivity index (χ3n) is 3.66. The van der Waals surface area contributed by atoms with Crippen molar-refractivity contribution in [2.24, 2.45) is 0 Å². The molecule has 1 amide bonds. The number of carbonyl (C=O) groups excluding carboxylic acids is 1. The Kier molecular flexibility index (Phi) is 2.81. The van der Waals surface area contributed by atoms with Gasteiger partial charge in [0.15, 0.2) is 0 Å². The lowest BCUT2D eigenvalue weighted by Crippen LogP contribution is -2.52. The average molecular weight is 262 g/mol. The van der Waals surface area contributed by atoms with E-state index in [-0.39, 0.29) is 17.5 Å². The van der Waals surface area contributed by atoms with Crippen LogP contribution in [0.1, 0.15) is 23.2 Å². The molecule has 19 heavy (non-hydrogen) atoms. The second kappa shape index (κ2) is 4.49. The Hall–Kier alpha value is -2.18. The van der Waals surface area contributed by atoms with Gasteiger partial charge in [-0.25, -0.2) is 14.8 Å². The Morgan fingerprint density at radius 3 is 2.74 bits per heavy atom. The van der Waals surface area contributed by atoms with Crippen molar-refractivity contribution in [3.63, 3.8) is 0 Å². The molecule has 1 aromatic heterocycles. The van der Waals surface area contributed by atoms with E-state index < -0.39 is 5.97 Å². The van der Waals surface area contributed by atoms with Crippen molar-refractivity contribution in [1.29, 1.82) is 0 Å². The van der Waals surface area contributed by atoms with Crippen molar-refractivity contribution >= 4 is 17.8 Å². The van der Waals surface area contributed by atoms with Gasteiger partial charge in [0.25, 0.3) is 0 Å². The predicted molar refractivity (Wildman–Crippen MR) is 65.9 cm³/mol. The molecule has 1 unspecified atom stereocenters. The SMILES string of the molecule is O=C(O)c1cnc(N2CCN3C(=O)CCC3C2)nc1. The van der Waals surface area contributed by atoms with E-state index in [1.165, 1.54) is 12.4 Å². The van der Waals surface area contributed by atoms with Crippen LogP contribution >= 0.6 is 0 Å². The first kappa shape index (κ1) is 11.9. The Bertz CT molecular complexity index is 516. The molecule has 7 heteroatoms. The van der Waals surface area contributed by atoms with E-state index in [1.807, 2.05) is 9.80 Å². The number of carboxylic acid groups (broad SMARTS) is 1. The van der Waals surface area contributed by atoms with E-state index in [9.17, 15) is 9.59 Å². The lowest BCUT2D eigenvalue weighted by molar-refractivity contribution is -0.129. The van der Waals surface area contributed by atoms with Crippen molar-refractivity contribution < 1.29 is 14.7 Å². The Balaban J connectivity index is 1.73. The van der Waals surface area contributed by atoms with Crippen molar-refractivity contribution in [3.05, 3.63) is 18.0 Å². The molecule has 3 rings (SSSR count). The first-order valence-electron chi connectivity index (χ1n) is 6.25. The van der Waals surface area contributed by atoms with E-state index in [4.69, 9.17) is 5.11 Å². The van der Waals surface area contributed by atoms with Crippen LogP contribution in [0.15, 0.2) is 12.4 Å². The minimum Gasteiger partial charge on any atom is -0.478 e. The van der Waals surface area contributed by atoms with Gasteiger partial charge in [0.2, 0.25) is 11.9 Å². The normalized spacial score (nSPS) is 22.5. The van der Waals surface area contributed by atoms with Crippen molar-refractivity contribution in [2.45, 2.75) is 18.9 Å². The number of aromatic carboxylic acids is 1. The number of anilines is 1. The van der Waals surface area contributed by atoms with E-state index >= 15 is 0 Å². The maximum absolute atomic E-state index is 11.6. The monoisotopic (exact) mass is 262 g/mol. The highest BCUT2D eigenvalue weighted by Gasteiger charge is 2.36. The van der Waals surface area contributed by atoms with Crippen LogP contribution in [0.4, 0.5) is 5.95 Å². The largest absolute Gasteiger partial charge is 0.478 e. The topological polar surface area (TPSA) is 86.6 Å². The zero-order valence-electron chi connectivity index (χ0n) is 10.3. The van der Waals surface area contributed by atoms with Gasteiger partial charge in [-0.15, -0.1) is 0 Å². The van der Waals surface area contributed by atoms with Gasteiger partial charge in [-0.2, -0.15) is 0 Å². The van der Waals surface area contributed by atoms with Gasteiger partial charge >= 0.3 is 5.97 Å². The number of aromatic nitrogens is 2. The summed E-state index contributed by atoms with van der Waals surface area (Å²) >= 11 is 0. The zero-order valence-corrected chi connectivity index (χ0v) is 10.3. The third-order valence-corrected chi connectivity index (χ3v) is 3.66. The number of piperazine rings is 1. The van der Waals surface area contributed by atoms with Crippen molar-refractivity contribution in [2.75, 3.05) is 24.5 Å². The van der Waals surface area contributed by atoms with Crippen LogP contribution in [-0.2, 0) is 4.79 Å². The number of amides is 1. The molecule has 2 aliphatic rings. The molecule has 1 N–H and O–H groups in total. The molecular weight excluding hydrogens is 248 g/mol. The molecule has 2 fully saturated rings. The van der Waals surface area contributed by atoms with Gasteiger partial charge in [0, 0.05) is 44.5 Å². The van der Waals surface area contributed by atoms with Gasteiger partial charge in [-0.3, -0.25) is 4.79 Å². The minimum absolute atomic E-state index is 0.0819. The van der Waals surface area contributed by atoms with E-state index in [0.29, 0.717) is 25.5 Å². The fraction of sp³-hybridized carbons (Fsp3) is 0.500. The van der Waals surface area contributed by atoms with Crippen LogP contribution in [0.25, 0.3) is 0 Å². The number of carbonyl (C=O) groups is 2. The Morgan fingerprint density at radius 2 is 2.05 bits per heavy atom. The van der Waals surface area contributed by atoms with Crippen LogP contribution in [0.5, 0.6) is 0 Å². The van der Waals surface area contributed by atoms with Crippen molar-refractivity contribution in [3.8, 4) is 0 Å². The molecule has 7 nitrogen and oxygen atoms in total. The molecule has 1 atom stereocenters. The van der Waals surface area contributed by atoms with Crippen LogP contribution in [0.3, 0.4) is 0 Å². The summed E-state index contributed by atoms with van der Waals surface area (Å²) in [4.78, 5) is 34.4. The molecule has 0 saturated carbocycles. The van der Waals surface area contributed by atoms with Gasteiger partial charge in [0.1, 0.15) is 0 Å². The molecule has 2 aliphatic heterocycles. The average Bonchev–Trinajstić information content (AvgIpc) is 2.80. The van der Waals surface area contributed by atoms with Crippen LogP contribution < -0.4 is 4.90 Å². The lowest BCUT2D eigenvalue weighted by Gasteiger charge is -2.37. The highest BCUT2D eigenvalue weighted by atomic mass is 16.4. The van der Waals surface area contributed by atoms with Gasteiger partial charge in [-0.1, -0.05) is 0 Å². The summed E-state index contributed by atoms with van der Waals surface area (Å²) in [6.45, 7) is 2.10. The van der Waals surface area contributed by atoms with Gasteiger partial charge in [0.05, 0.1) is 5.56 Å². The Morgan fingerprint density at radius 1 is 1.32 bits per heavy atom. The Labute approximate surface area is 109 Å². The number of carboxylic acids is 1. The molecular formula is C12H14N4O3. The van der Waals surface area contributed by atoms with Crippen LogP contribution in [0, 0.1) is 0 Å². The molecule has 3 heterocycles. The number of nitrogens with zero attached hydrogens (tertiary/aromatic N) is 4. The number of hydrogen-bond donors (Lipinski definition) is 1. The summed E-state index contributed by atoms with van der Waals surface area (Å²) in [5.74, 6) is -0.270. The minimum atomic E-state index is -1.03. The molecule has 1 aromatic rings. The number of fused-ring (bicyclic) bond motifs is 1. The smallest absolute Gasteiger partial charge is 0.338 e. The summed E-state index contributed by atoms with van der Waals surface area (Å²) in [6.07, 6.45) is 4.13. The molecule has 0 radical (unpaired) electrons. The van der Waals surface area contributed by atoms with E-state index in [1.54, 1.807) is 0 Å². The van der Waals surface area contributed by atoms with E-state index in [0.717, 1.165) is 13.0 Å². The standard InChI is InChI=1S/C12H14N4O3/c17-10-2-1-9-7-15(3-4-16(9)10)12-13-5-8(6-14-12)11(18)19/h5-6,9H,1-4,7H2,(H,18,19). The summed E-state index contributed by atoms with van der Waals surface area (Å²) in [6, 6.07) is 0.240. The third kappa shape index (κ3) is 2.11. The van der Waals surface area contributed by atoms with Crippen LogP contribution in [-0.4, -0.2) is 57.5 Å². The second-order valence-corrected chi connectivity index (χ2v) is 4.80. The quantitative estimate of drug-likeness (QED) is 0.806. The fourth-order valence-corrected chi connectivity index (χ4v) is 2.64. The van der Waals surface area contributed by atoms with Crippen molar-refractivity contribution in [1.82, 2.24) is 14.9 Å². The maximum atomic E-state index is 11.6. The number of rotatable bonds is 2. The first-order chi connectivity index (χ1) is 9.15. The predicted octanol–water partition coefficient (Wildman–Crippen LogP) is -0.0142. The number of hydrogen-bond acceptors (Lipinski definition) is 5. The first-order valence-corrected chi connectivity index (χ1v) is 6.25.